The van der Waals surface area contributed by atoms with Crippen LogP contribution in [-0.2, 0) is 6.42 Å². The van der Waals surface area contributed by atoms with E-state index < -0.39 is 0 Å². The number of nitrogens with zero attached hydrogens (tertiary/aromatic N) is 3. The first-order valence-electron chi connectivity index (χ1n) is 9.56. The number of aromatic amines is 1. The van der Waals surface area contributed by atoms with Gasteiger partial charge in [-0.05, 0) is 45.4 Å². The van der Waals surface area contributed by atoms with E-state index in [1.807, 2.05) is 64.1 Å². The second kappa shape index (κ2) is 7.47. The van der Waals surface area contributed by atoms with Gasteiger partial charge < -0.3 is 0 Å². The van der Waals surface area contributed by atoms with E-state index in [-0.39, 0.29) is 5.56 Å². The highest BCUT2D eigenvalue weighted by molar-refractivity contribution is 5.82. The molecule has 0 aliphatic carbocycles. The quantitative estimate of drug-likeness (QED) is 0.548. The molecule has 2 aromatic heterocycles. The van der Waals surface area contributed by atoms with Gasteiger partial charge in [0, 0.05) is 17.4 Å². The fourth-order valence-corrected chi connectivity index (χ4v) is 3.35. The SMILES string of the molecule is Cc1ccc(Cc2c(C)nc(Nc3nc(C)c4cc(C)ccc4n3)[nH]c2=O)cc1. The van der Waals surface area contributed by atoms with Crippen LogP contribution in [0.2, 0.25) is 0 Å². The minimum Gasteiger partial charge on any atom is -0.294 e. The molecule has 0 unspecified atom stereocenters. The van der Waals surface area contributed by atoms with E-state index in [0.717, 1.165) is 27.7 Å². The standard InChI is InChI=1S/C23H23N5O/c1-13-5-8-17(9-6-13)12-19-16(4)25-23(27-21(19)29)28-22-24-15(3)18-11-14(2)7-10-20(18)26-22/h5-11H,12H2,1-4H3,(H2,24,25,26,27,28,29). The van der Waals surface area contributed by atoms with Crippen molar-refractivity contribution in [1.29, 1.82) is 0 Å². The number of benzene rings is 2. The molecule has 0 aliphatic rings. The topological polar surface area (TPSA) is 83.6 Å². The molecule has 146 valence electrons. The van der Waals surface area contributed by atoms with Crippen LogP contribution in [0.3, 0.4) is 0 Å². The summed E-state index contributed by atoms with van der Waals surface area (Å²) in [5, 5.41) is 4.06. The van der Waals surface area contributed by atoms with Gasteiger partial charge in [-0.2, -0.15) is 0 Å². The first-order chi connectivity index (χ1) is 13.9. The molecule has 0 saturated heterocycles. The smallest absolute Gasteiger partial charge is 0.256 e. The normalized spacial score (nSPS) is 11.0. The highest BCUT2D eigenvalue weighted by atomic mass is 16.1. The minimum atomic E-state index is -0.159. The van der Waals surface area contributed by atoms with Gasteiger partial charge in [0.2, 0.25) is 11.9 Å². The van der Waals surface area contributed by atoms with Crippen LogP contribution in [-0.4, -0.2) is 19.9 Å². The summed E-state index contributed by atoms with van der Waals surface area (Å²) in [6.07, 6.45) is 0.541. The first kappa shape index (κ1) is 18.8. The largest absolute Gasteiger partial charge is 0.294 e. The molecule has 0 radical (unpaired) electrons. The zero-order chi connectivity index (χ0) is 20.5. The average Bonchev–Trinajstić information content (AvgIpc) is 2.67. The van der Waals surface area contributed by atoms with Crippen LogP contribution < -0.4 is 10.9 Å². The molecule has 0 spiro atoms. The van der Waals surface area contributed by atoms with Gasteiger partial charge in [0.25, 0.3) is 5.56 Å². The van der Waals surface area contributed by atoms with Crippen molar-refractivity contribution in [3.63, 3.8) is 0 Å². The lowest BCUT2D eigenvalue weighted by Gasteiger charge is -2.10. The Hall–Kier alpha value is -3.54. The Morgan fingerprint density at radius 1 is 0.862 bits per heavy atom. The molecule has 2 aromatic carbocycles. The van der Waals surface area contributed by atoms with E-state index in [2.05, 4.69) is 31.3 Å². The molecule has 0 atom stereocenters. The second-order valence-corrected chi connectivity index (χ2v) is 7.42. The monoisotopic (exact) mass is 385 g/mol. The number of H-pyrrole nitrogens is 1. The van der Waals surface area contributed by atoms with Gasteiger partial charge in [0.05, 0.1) is 16.9 Å². The molecule has 0 bridgehead atoms. The summed E-state index contributed by atoms with van der Waals surface area (Å²) in [6.45, 7) is 7.88. The van der Waals surface area contributed by atoms with Crippen molar-refractivity contribution >= 4 is 22.8 Å². The van der Waals surface area contributed by atoms with E-state index in [9.17, 15) is 4.79 Å². The van der Waals surface area contributed by atoms with Gasteiger partial charge >= 0.3 is 0 Å². The number of rotatable bonds is 4. The highest BCUT2D eigenvalue weighted by Crippen LogP contribution is 2.20. The predicted octanol–water partition coefficient (Wildman–Crippen LogP) is 4.28. The van der Waals surface area contributed by atoms with Crippen LogP contribution in [0.5, 0.6) is 0 Å². The third kappa shape index (κ3) is 4.01. The third-order valence-corrected chi connectivity index (χ3v) is 5.00. The Morgan fingerprint density at radius 2 is 1.59 bits per heavy atom. The van der Waals surface area contributed by atoms with Gasteiger partial charge in [-0.1, -0.05) is 41.5 Å². The summed E-state index contributed by atoms with van der Waals surface area (Å²) in [6, 6.07) is 14.2. The lowest BCUT2D eigenvalue weighted by Crippen LogP contribution is -2.19. The molecule has 2 heterocycles. The number of hydrogen-bond donors (Lipinski definition) is 2. The fourth-order valence-electron chi connectivity index (χ4n) is 3.35. The molecule has 0 saturated carbocycles. The van der Waals surface area contributed by atoms with Crippen molar-refractivity contribution in [2.45, 2.75) is 34.1 Å². The van der Waals surface area contributed by atoms with Gasteiger partial charge in [-0.15, -0.1) is 0 Å². The fraction of sp³-hybridized carbons (Fsp3) is 0.217. The molecule has 2 N–H and O–H groups in total. The van der Waals surface area contributed by atoms with E-state index in [4.69, 9.17) is 0 Å². The molecule has 4 rings (SSSR count). The maximum Gasteiger partial charge on any atom is 0.256 e. The van der Waals surface area contributed by atoms with Crippen molar-refractivity contribution in [2.75, 3.05) is 5.32 Å². The molecule has 6 nitrogen and oxygen atoms in total. The number of nitrogens with one attached hydrogen (secondary N) is 2. The number of anilines is 2. The number of aryl methyl sites for hydroxylation is 4. The van der Waals surface area contributed by atoms with E-state index in [0.29, 0.717) is 29.6 Å². The Balaban J connectivity index is 1.63. The van der Waals surface area contributed by atoms with Crippen molar-refractivity contribution < 1.29 is 0 Å². The van der Waals surface area contributed by atoms with E-state index in [1.165, 1.54) is 5.56 Å². The van der Waals surface area contributed by atoms with E-state index >= 15 is 0 Å². The maximum absolute atomic E-state index is 12.7. The zero-order valence-corrected chi connectivity index (χ0v) is 17.0. The van der Waals surface area contributed by atoms with Crippen LogP contribution in [0.1, 0.15) is 33.6 Å². The predicted molar refractivity (Wildman–Crippen MR) is 116 cm³/mol. The van der Waals surface area contributed by atoms with Crippen LogP contribution in [0.25, 0.3) is 10.9 Å². The van der Waals surface area contributed by atoms with Crippen LogP contribution in [0.15, 0.2) is 47.3 Å². The Bertz CT molecular complexity index is 1260. The molecule has 4 aromatic rings. The zero-order valence-electron chi connectivity index (χ0n) is 17.0. The maximum atomic E-state index is 12.7. The molecular weight excluding hydrogens is 362 g/mol. The van der Waals surface area contributed by atoms with Crippen molar-refractivity contribution in [2.24, 2.45) is 0 Å². The summed E-state index contributed by atoms with van der Waals surface area (Å²) in [4.78, 5) is 29.1. The number of hydrogen-bond acceptors (Lipinski definition) is 5. The minimum absolute atomic E-state index is 0.159. The average molecular weight is 385 g/mol. The first-order valence-corrected chi connectivity index (χ1v) is 9.56. The van der Waals surface area contributed by atoms with Gasteiger partial charge in [0.1, 0.15) is 0 Å². The molecule has 0 aliphatic heterocycles. The van der Waals surface area contributed by atoms with Crippen LogP contribution >= 0.6 is 0 Å². The lowest BCUT2D eigenvalue weighted by molar-refractivity contribution is 0.978. The number of aromatic nitrogens is 4. The van der Waals surface area contributed by atoms with Crippen LogP contribution in [0.4, 0.5) is 11.9 Å². The van der Waals surface area contributed by atoms with Crippen molar-refractivity contribution in [1.82, 2.24) is 19.9 Å². The highest BCUT2D eigenvalue weighted by Gasteiger charge is 2.11. The molecular formula is C23H23N5O. The molecule has 6 heteroatoms. The van der Waals surface area contributed by atoms with Crippen molar-refractivity contribution in [3.8, 4) is 0 Å². The summed E-state index contributed by atoms with van der Waals surface area (Å²) in [7, 11) is 0. The molecule has 0 amide bonds. The summed E-state index contributed by atoms with van der Waals surface area (Å²) in [5.74, 6) is 0.749. The second-order valence-electron chi connectivity index (χ2n) is 7.42. The summed E-state index contributed by atoms with van der Waals surface area (Å²) < 4.78 is 0. The lowest BCUT2D eigenvalue weighted by atomic mass is 10.0. The molecule has 29 heavy (non-hydrogen) atoms. The van der Waals surface area contributed by atoms with E-state index in [1.54, 1.807) is 0 Å². The summed E-state index contributed by atoms with van der Waals surface area (Å²) >= 11 is 0. The Labute approximate surface area is 169 Å². The Morgan fingerprint density at radius 3 is 2.31 bits per heavy atom. The number of fused-ring (bicyclic) bond motifs is 1. The third-order valence-electron chi connectivity index (χ3n) is 5.00. The molecule has 0 fully saturated rings. The summed E-state index contributed by atoms with van der Waals surface area (Å²) in [5.41, 5.74) is 6.34. The Kier molecular flexibility index (Phi) is 4.84. The van der Waals surface area contributed by atoms with Gasteiger partial charge in [0.15, 0.2) is 0 Å². The van der Waals surface area contributed by atoms with Crippen LogP contribution in [0, 0.1) is 27.7 Å². The van der Waals surface area contributed by atoms with Gasteiger partial charge in [-0.25, -0.2) is 15.0 Å². The van der Waals surface area contributed by atoms with Gasteiger partial charge in [-0.3, -0.25) is 15.1 Å². The van der Waals surface area contributed by atoms with Crippen molar-refractivity contribution in [3.05, 3.63) is 86.5 Å².